The van der Waals surface area contributed by atoms with E-state index in [0.29, 0.717) is 17.5 Å². The summed E-state index contributed by atoms with van der Waals surface area (Å²) in [5, 5.41) is 2.16. The fourth-order valence-corrected chi connectivity index (χ4v) is 7.96. The lowest BCUT2D eigenvalue weighted by molar-refractivity contribution is 0.660. The first-order valence-corrected chi connectivity index (χ1v) is 17.7. The van der Waals surface area contributed by atoms with Crippen LogP contribution in [0.3, 0.4) is 0 Å². The number of aromatic nitrogens is 3. The van der Waals surface area contributed by atoms with E-state index < -0.39 is 0 Å². The molecule has 1 aliphatic carbocycles. The van der Waals surface area contributed by atoms with Crippen molar-refractivity contribution in [3.63, 3.8) is 0 Å². The van der Waals surface area contributed by atoms with E-state index in [2.05, 4.69) is 159 Å². The quantitative estimate of drug-likeness (QED) is 0.183. The lowest BCUT2D eigenvalue weighted by Crippen LogP contribution is -2.14. The van der Waals surface area contributed by atoms with Crippen molar-refractivity contribution in [2.75, 3.05) is 0 Å². The second-order valence-corrected chi connectivity index (χ2v) is 14.0. The second-order valence-electron chi connectivity index (χ2n) is 14.0. The van der Waals surface area contributed by atoms with Crippen LogP contribution in [0.5, 0.6) is 0 Å². The summed E-state index contributed by atoms with van der Waals surface area (Å²) in [6, 6.07) is 57.1. The minimum absolute atomic E-state index is 0.140. The summed E-state index contributed by atoms with van der Waals surface area (Å²) in [7, 11) is 0. The van der Waals surface area contributed by atoms with Gasteiger partial charge in [0.2, 0.25) is 0 Å². The van der Waals surface area contributed by atoms with Gasteiger partial charge in [-0.3, -0.25) is 0 Å². The highest BCUT2D eigenvalue weighted by atomic mass is 16.3. The molecular formula is C48H33N3O. The molecule has 9 aromatic rings. The molecule has 10 rings (SSSR count). The van der Waals surface area contributed by atoms with Crippen molar-refractivity contribution in [1.82, 2.24) is 15.0 Å². The number of rotatable bonds is 5. The normalized spacial score (nSPS) is 13.0. The molecule has 0 aliphatic heterocycles. The van der Waals surface area contributed by atoms with Crippen molar-refractivity contribution in [1.29, 1.82) is 0 Å². The van der Waals surface area contributed by atoms with E-state index in [9.17, 15) is 0 Å². The summed E-state index contributed by atoms with van der Waals surface area (Å²) in [5.41, 5.74) is 13.9. The fraction of sp³-hybridized carbons (Fsp3) is 0.0625. The lowest BCUT2D eigenvalue weighted by Gasteiger charge is -2.21. The topological polar surface area (TPSA) is 51.8 Å². The van der Waals surface area contributed by atoms with Gasteiger partial charge in [-0.05, 0) is 62.7 Å². The minimum atomic E-state index is -0.140. The molecule has 7 aromatic carbocycles. The highest BCUT2D eigenvalue weighted by molar-refractivity contribution is 6.13. The van der Waals surface area contributed by atoms with Crippen LogP contribution in [0, 0.1) is 0 Å². The Morgan fingerprint density at radius 2 is 0.962 bits per heavy atom. The van der Waals surface area contributed by atoms with Crippen LogP contribution in [0.1, 0.15) is 25.0 Å². The summed E-state index contributed by atoms with van der Waals surface area (Å²) in [5.74, 6) is 1.87. The van der Waals surface area contributed by atoms with Crippen LogP contribution in [-0.2, 0) is 5.41 Å². The van der Waals surface area contributed by atoms with Crippen molar-refractivity contribution in [3.8, 4) is 67.5 Å². The molecule has 0 saturated carbocycles. The van der Waals surface area contributed by atoms with Gasteiger partial charge < -0.3 is 4.42 Å². The molecule has 2 aromatic heterocycles. The Hall–Kier alpha value is -6.65. The highest BCUT2D eigenvalue weighted by Crippen LogP contribution is 2.51. The van der Waals surface area contributed by atoms with Gasteiger partial charge in [0.1, 0.15) is 11.2 Å². The zero-order valence-corrected chi connectivity index (χ0v) is 28.8. The molecule has 0 radical (unpaired) electrons. The highest BCUT2D eigenvalue weighted by Gasteiger charge is 2.37. The van der Waals surface area contributed by atoms with Crippen molar-refractivity contribution in [2.24, 2.45) is 0 Å². The van der Waals surface area contributed by atoms with Gasteiger partial charge in [-0.15, -0.1) is 0 Å². The van der Waals surface area contributed by atoms with Gasteiger partial charge in [0.05, 0.1) is 0 Å². The maximum atomic E-state index is 6.51. The third kappa shape index (κ3) is 4.79. The van der Waals surface area contributed by atoms with Crippen LogP contribution in [-0.4, -0.2) is 15.0 Å². The molecule has 4 nitrogen and oxygen atoms in total. The molecule has 0 saturated heterocycles. The Labute approximate surface area is 302 Å². The van der Waals surface area contributed by atoms with E-state index in [4.69, 9.17) is 19.4 Å². The molecule has 0 amide bonds. The van der Waals surface area contributed by atoms with Gasteiger partial charge in [0.25, 0.3) is 0 Å². The molecule has 52 heavy (non-hydrogen) atoms. The summed E-state index contributed by atoms with van der Waals surface area (Å²) in [4.78, 5) is 15.6. The first-order valence-electron chi connectivity index (χ1n) is 17.7. The molecule has 0 unspecified atom stereocenters. The van der Waals surface area contributed by atoms with E-state index in [-0.39, 0.29) is 5.41 Å². The maximum absolute atomic E-state index is 6.51. The Morgan fingerprint density at radius 1 is 0.404 bits per heavy atom. The molecule has 0 bridgehead atoms. The Morgan fingerprint density at radius 3 is 1.75 bits per heavy atom. The second kappa shape index (κ2) is 11.7. The summed E-state index contributed by atoms with van der Waals surface area (Å²) >= 11 is 0. The summed E-state index contributed by atoms with van der Waals surface area (Å²) in [6.07, 6.45) is 0. The van der Waals surface area contributed by atoms with Crippen LogP contribution in [0.25, 0.3) is 89.5 Å². The van der Waals surface area contributed by atoms with Crippen molar-refractivity contribution >= 4 is 21.9 Å². The predicted molar refractivity (Wildman–Crippen MR) is 212 cm³/mol. The number of nitrogens with zero attached hydrogens (tertiary/aromatic N) is 3. The average molecular weight is 668 g/mol. The Bertz CT molecular complexity index is 2800. The molecule has 246 valence electrons. The molecule has 4 heteroatoms. The third-order valence-electron chi connectivity index (χ3n) is 10.6. The predicted octanol–water partition coefficient (Wildman–Crippen LogP) is 12.4. The monoisotopic (exact) mass is 667 g/mol. The number of hydrogen-bond acceptors (Lipinski definition) is 4. The van der Waals surface area contributed by atoms with Gasteiger partial charge >= 0.3 is 0 Å². The lowest BCUT2D eigenvalue weighted by atomic mass is 9.82. The molecular weight excluding hydrogens is 635 g/mol. The Balaban J connectivity index is 1.16. The van der Waals surface area contributed by atoms with Gasteiger partial charge in [0.15, 0.2) is 17.5 Å². The number of benzene rings is 7. The smallest absolute Gasteiger partial charge is 0.164 e. The molecule has 1 aliphatic rings. The van der Waals surface area contributed by atoms with Crippen molar-refractivity contribution in [2.45, 2.75) is 19.3 Å². The van der Waals surface area contributed by atoms with E-state index in [0.717, 1.165) is 55.3 Å². The maximum Gasteiger partial charge on any atom is 0.164 e. The summed E-state index contributed by atoms with van der Waals surface area (Å²) < 4.78 is 6.51. The SMILES string of the molecule is CC1(C)c2ccccc2-c2c(-c3nc(-c4ccc(-c5ccccc5)cc4)nc(-c4ccc5c(c4)oc4cccc(-c6ccccc6)c45)n3)cccc21. The molecule has 0 atom stereocenters. The van der Waals surface area contributed by atoms with Gasteiger partial charge in [-0.1, -0.05) is 159 Å². The van der Waals surface area contributed by atoms with Crippen LogP contribution < -0.4 is 0 Å². The summed E-state index contributed by atoms with van der Waals surface area (Å²) in [6.45, 7) is 4.59. The first-order chi connectivity index (χ1) is 25.5. The van der Waals surface area contributed by atoms with E-state index >= 15 is 0 Å². The van der Waals surface area contributed by atoms with Crippen LogP contribution >= 0.6 is 0 Å². The number of fused-ring (bicyclic) bond motifs is 6. The zero-order chi connectivity index (χ0) is 34.8. The van der Waals surface area contributed by atoms with Gasteiger partial charge in [0, 0.05) is 32.9 Å². The zero-order valence-electron chi connectivity index (χ0n) is 28.8. The molecule has 0 fully saturated rings. The number of furan rings is 1. The minimum Gasteiger partial charge on any atom is -0.456 e. The first kappa shape index (κ1) is 30.2. The van der Waals surface area contributed by atoms with E-state index in [1.807, 2.05) is 18.2 Å². The molecule has 2 heterocycles. The van der Waals surface area contributed by atoms with E-state index in [1.165, 1.54) is 27.8 Å². The third-order valence-corrected chi connectivity index (χ3v) is 10.6. The number of hydrogen-bond donors (Lipinski definition) is 0. The van der Waals surface area contributed by atoms with Crippen LogP contribution in [0.2, 0.25) is 0 Å². The fourth-order valence-electron chi connectivity index (χ4n) is 7.96. The van der Waals surface area contributed by atoms with Gasteiger partial charge in [-0.2, -0.15) is 0 Å². The standard InChI is InChI=1S/C48H33N3O/c1-48(2)39-20-10-9-17-36(39)43-38(19-11-21-40(43)48)47-50-45(33-25-23-31(24-26-33)30-13-5-3-6-14-30)49-46(51-47)34-27-28-37-42(29-34)52-41-22-12-18-35(44(37)41)32-15-7-4-8-16-32/h3-29H,1-2H3. The van der Waals surface area contributed by atoms with Crippen molar-refractivity contribution in [3.05, 3.63) is 175 Å². The largest absolute Gasteiger partial charge is 0.456 e. The van der Waals surface area contributed by atoms with Crippen molar-refractivity contribution < 1.29 is 4.42 Å². The molecule has 0 spiro atoms. The Kier molecular flexibility index (Phi) is 6.80. The van der Waals surface area contributed by atoms with Gasteiger partial charge in [-0.25, -0.2) is 15.0 Å². The van der Waals surface area contributed by atoms with Crippen LogP contribution in [0.15, 0.2) is 168 Å². The molecule has 0 N–H and O–H groups in total. The van der Waals surface area contributed by atoms with E-state index in [1.54, 1.807) is 0 Å². The average Bonchev–Trinajstić information content (AvgIpc) is 3.70. The van der Waals surface area contributed by atoms with Crippen LogP contribution in [0.4, 0.5) is 0 Å².